The number of aromatic carboxylic acids is 1. The van der Waals surface area contributed by atoms with Crippen molar-refractivity contribution in [2.45, 2.75) is 105 Å². The Morgan fingerprint density at radius 3 is 2.16 bits per heavy atom. The molecule has 1 aromatic carbocycles. The second kappa shape index (κ2) is 10.1. The number of nitrogens with zero attached hydrogens (tertiary/aromatic N) is 1. The lowest BCUT2D eigenvalue weighted by Gasteiger charge is -2.72. The highest BCUT2D eigenvalue weighted by Gasteiger charge is 2.71. The summed E-state index contributed by atoms with van der Waals surface area (Å²) in [5.41, 5.74) is 3.50. The van der Waals surface area contributed by atoms with Gasteiger partial charge < -0.3 is 10.2 Å². The van der Waals surface area contributed by atoms with Gasteiger partial charge >= 0.3 is 12.1 Å². The number of carbonyl (C=O) groups excluding carboxylic acids is 1. The number of hydrogen-bond donors (Lipinski definition) is 2. The van der Waals surface area contributed by atoms with Crippen LogP contribution in [0.5, 0.6) is 0 Å². The van der Waals surface area contributed by atoms with Gasteiger partial charge in [-0.25, -0.2) is 14.5 Å². The SMILES string of the molecule is C=C(C)[C@@H]1CC[C@]2(N(C=O)C(=O)O)CC[C@]3(C)[C@H](CC[C@@H]4[C@@]5(C)CC=C(c6ccc(C(=O)O)cc6)C(C)(C)[C@@H]5CC[C@]43C)[C@@H]12. The van der Waals surface area contributed by atoms with Crippen molar-refractivity contribution in [3.8, 4) is 0 Å². The van der Waals surface area contributed by atoms with Crippen molar-refractivity contribution in [3.63, 3.8) is 0 Å². The first-order chi connectivity index (χ1) is 20.6. The van der Waals surface area contributed by atoms with Gasteiger partial charge in [-0.1, -0.05) is 65.0 Å². The van der Waals surface area contributed by atoms with E-state index < -0.39 is 17.6 Å². The molecule has 5 aliphatic carbocycles. The number of allylic oxidation sites excluding steroid dienone is 3. The lowest BCUT2D eigenvalue weighted by atomic mass is 9.33. The highest BCUT2D eigenvalue weighted by atomic mass is 16.4. The van der Waals surface area contributed by atoms with Gasteiger partial charge in [-0.15, -0.1) is 0 Å². The zero-order valence-electron chi connectivity index (χ0n) is 27.5. The van der Waals surface area contributed by atoms with Crippen molar-refractivity contribution in [2.75, 3.05) is 0 Å². The molecule has 0 aromatic heterocycles. The molecular weight excluding hydrogens is 550 g/mol. The summed E-state index contributed by atoms with van der Waals surface area (Å²) in [5, 5.41) is 19.6. The monoisotopic (exact) mass is 601 g/mol. The number of hydrogen-bond acceptors (Lipinski definition) is 3. The molecule has 6 rings (SSSR count). The summed E-state index contributed by atoms with van der Waals surface area (Å²) in [6, 6.07) is 7.41. The molecule has 0 radical (unpaired) electrons. The van der Waals surface area contributed by atoms with Gasteiger partial charge in [0.1, 0.15) is 0 Å². The number of amides is 2. The summed E-state index contributed by atoms with van der Waals surface area (Å²) in [6.45, 7) is 18.9. The molecule has 0 bridgehead atoms. The average Bonchev–Trinajstić information content (AvgIpc) is 3.34. The third-order valence-electron chi connectivity index (χ3n) is 14.8. The Morgan fingerprint density at radius 1 is 0.886 bits per heavy atom. The van der Waals surface area contributed by atoms with Gasteiger partial charge in [0.05, 0.1) is 11.1 Å². The fourth-order valence-electron chi connectivity index (χ4n) is 12.8. The molecule has 0 aliphatic heterocycles. The summed E-state index contributed by atoms with van der Waals surface area (Å²) in [6.07, 6.45) is 10.7. The molecule has 2 amide bonds. The zero-order chi connectivity index (χ0) is 32.0. The molecule has 1 aromatic rings. The van der Waals surface area contributed by atoms with Crippen LogP contribution in [0.4, 0.5) is 4.79 Å². The number of imide groups is 1. The molecule has 238 valence electrons. The maximum Gasteiger partial charge on any atom is 0.414 e. The van der Waals surface area contributed by atoms with Crippen LogP contribution in [0.3, 0.4) is 0 Å². The Bertz CT molecular complexity index is 1430. The minimum atomic E-state index is -1.12. The third kappa shape index (κ3) is 3.94. The van der Waals surface area contributed by atoms with Crippen molar-refractivity contribution >= 4 is 24.0 Å². The topological polar surface area (TPSA) is 94.9 Å². The van der Waals surface area contributed by atoms with Crippen LogP contribution in [-0.2, 0) is 4.79 Å². The predicted molar refractivity (Wildman–Crippen MR) is 172 cm³/mol. The predicted octanol–water partition coefficient (Wildman–Crippen LogP) is 8.92. The smallest absolute Gasteiger partial charge is 0.414 e. The Kier molecular flexibility index (Phi) is 7.11. The summed E-state index contributed by atoms with van der Waals surface area (Å²) in [4.78, 5) is 37.4. The molecule has 4 saturated carbocycles. The van der Waals surface area contributed by atoms with E-state index in [1.807, 2.05) is 12.1 Å². The number of carboxylic acids is 1. The summed E-state index contributed by atoms with van der Waals surface area (Å²) < 4.78 is 0. The zero-order valence-corrected chi connectivity index (χ0v) is 27.5. The standard InChI is InChI=1S/C38H51NO5/c1-23(2)26-14-19-38(39(22-40)33(43)44)21-20-36(6)28(31(26)38)12-13-30-35(5)17-15-27(24-8-10-25(11-9-24)32(41)42)34(3,4)29(35)16-18-37(30,36)7/h8-11,15,22,26,28-31H,1,12-14,16-21H2,2-7H3,(H,41,42)(H,43,44)/t26-,28+,29-,30+,31+,35-,36+,37+,38-/m0/s1. The van der Waals surface area contributed by atoms with Crippen LogP contribution in [0.15, 0.2) is 42.5 Å². The Morgan fingerprint density at radius 2 is 1.57 bits per heavy atom. The highest BCUT2D eigenvalue weighted by molar-refractivity contribution is 5.88. The molecule has 44 heavy (non-hydrogen) atoms. The van der Waals surface area contributed by atoms with E-state index >= 15 is 0 Å². The van der Waals surface area contributed by atoms with Gasteiger partial charge in [0.15, 0.2) is 0 Å². The lowest BCUT2D eigenvalue weighted by Crippen LogP contribution is -2.68. The minimum Gasteiger partial charge on any atom is -0.478 e. The fourth-order valence-corrected chi connectivity index (χ4v) is 12.8. The molecule has 0 spiro atoms. The summed E-state index contributed by atoms with van der Waals surface area (Å²) in [7, 11) is 0. The van der Waals surface area contributed by atoms with E-state index in [2.05, 4.69) is 54.2 Å². The quantitative estimate of drug-likeness (QED) is 0.260. The van der Waals surface area contributed by atoms with Crippen molar-refractivity contribution in [1.29, 1.82) is 0 Å². The largest absolute Gasteiger partial charge is 0.478 e. The molecule has 0 unspecified atom stereocenters. The Labute approximate surface area is 263 Å². The second-order valence-corrected chi connectivity index (χ2v) is 16.5. The van der Waals surface area contributed by atoms with Gasteiger partial charge in [0, 0.05) is 0 Å². The lowest BCUT2D eigenvalue weighted by molar-refractivity contribution is -0.224. The molecule has 4 fully saturated rings. The van der Waals surface area contributed by atoms with Crippen LogP contribution in [0.1, 0.15) is 115 Å². The van der Waals surface area contributed by atoms with E-state index in [1.54, 1.807) is 12.1 Å². The van der Waals surface area contributed by atoms with Crippen LogP contribution in [-0.4, -0.2) is 39.1 Å². The van der Waals surface area contributed by atoms with Gasteiger partial charge in [-0.3, -0.25) is 4.79 Å². The molecule has 9 atom stereocenters. The van der Waals surface area contributed by atoms with E-state index in [4.69, 9.17) is 0 Å². The number of carboxylic acid groups (broad SMARTS) is 2. The van der Waals surface area contributed by atoms with Crippen LogP contribution < -0.4 is 0 Å². The Hall–Kier alpha value is -2.89. The van der Waals surface area contributed by atoms with Gasteiger partial charge in [0.2, 0.25) is 6.41 Å². The molecule has 6 heteroatoms. The first kappa shape index (κ1) is 31.1. The second-order valence-electron chi connectivity index (χ2n) is 16.5. The van der Waals surface area contributed by atoms with Crippen molar-refractivity contribution in [2.24, 2.45) is 51.2 Å². The average molecular weight is 602 g/mol. The maximum atomic E-state index is 12.5. The van der Waals surface area contributed by atoms with Crippen LogP contribution >= 0.6 is 0 Å². The maximum absolute atomic E-state index is 12.5. The number of carbonyl (C=O) groups is 3. The molecule has 0 saturated heterocycles. The van der Waals surface area contributed by atoms with E-state index in [0.717, 1.165) is 73.8 Å². The normalized spacial score (nSPS) is 42.0. The van der Waals surface area contributed by atoms with E-state index in [-0.39, 0.29) is 33.5 Å². The van der Waals surface area contributed by atoms with Gasteiger partial charge in [0.25, 0.3) is 0 Å². The van der Waals surface area contributed by atoms with Crippen molar-refractivity contribution < 1.29 is 24.6 Å². The molecular formula is C38H51NO5. The molecule has 5 aliphatic rings. The molecule has 0 heterocycles. The van der Waals surface area contributed by atoms with Crippen LogP contribution in [0.2, 0.25) is 0 Å². The van der Waals surface area contributed by atoms with E-state index in [0.29, 0.717) is 29.7 Å². The first-order valence-corrected chi connectivity index (χ1v) is 16.8. The Balaban J connectivity index is 1.38. The summed E-state index contributed by atoms with van der Waals surface area (Å²) in [5.74, 6) is 0.846. The third-order valence-corrected chi connectivity index (χ3v) is 14.8. The van der Waals surface area contributed by atoms with Crippen LogP contribution in [0, 0.1) is 51.2 Å². The number of rotatable bonds is 5. The number of fused-ring (bicyclic) bond motifs is 7. The van der Waals surface area contributed by atoms with Crippen molar-refractivity contribution in [1.82, 2.24) is 4.90 Å². The van der Waals surface area contributed by atoms with E-state index in [1.165, 1.54) is 5.57 Å². The first-order valence-electron chi connectivity index (χ1n) is 16.8. The molecule has 2 N–H and O–H groups in total. The fraction of sp³-hybridized carbons (Fsp3) is 0.658. The van der Waals surface area contributed by atoms with E-state index in [9.17, 15) is 24.6 Å². The van der Waals surface area contributed by atoms with Crippen LogP contribution in [0.25, 0.3) is 5.57 Å². The highest BCUT2D eigenvalue weighted by Crippen LogP contribution is 2.77. The van der Waals surface area contributed by atoms with Gasteiger partial charge in [-0.05, 0) is 139 Å². The van der Waals surface area contributed by atoms with Crippen molar-refractivity contribution in [3.05, 3.63) is 53.6 Å². The number of benzene rings is 1. The molecule has 6 nitrogen and oxygen atoms in total. The minimum absolute atomic E-state index is 0.0456. The summed E-state index contributed by atoms with van der Waals surface area (Å²) >= 11 is 0. The van der Waals surface area contributed by atoms with Gasteiger partial charge in [-0.2, -0.15) is 0 Å².